The van der Waals surface area contributed by atoms with E-state index in [0.29, 0.717) is 12.0 Å². The second-order valence-electron chi connectivity index (χ2n) is 5.90. The molecule has 0 saturated carbocycles. The molecule has 2 aromatic rings. The van der Waals surface area contributed by atoms with Crippen LogP contribution in [0.25, 0.3) is 10.8 Å². The van der Waals surface area contributed by atoms with Gasteiger partial charge in [0.1, 0.15) is 6.07 Å². The van der Waals surface area contributed by atoms with Crippen LogP contribution in [0.3, 0.4) is 0 Å². The van der Waals surface area contributed by atoms with Crippen molar-refractivity contribution in [3.05, 3.63) is 59.2 Å². The molecule has 2 rings (SSSR count). The molecule has 0 saturated heterocycles. The first kappa shape index (κ1) is 16.3. The van der Waals surface area contributed by atoms with E-state index >= 15 is 0 Å². The highest BCUT2D eigenvalue weighted by atomic mass is 14.4. The third-order valence-corrected chi connectivity index (χ3v) is 3.91. The van der Waals surface area contributed by atoms with Gasteiger partial charge in [-0.05, 0) is 36.6 Å². The van der Waals surface area contributed by atoms with Gasteiger partial charge < -0.3 is 0 Å². The summed E-state index contributed by atoms with van der Waals surface area (Å²) < 4.78 is 0. The summed E-state index contributed by atoms with van der Waals surface area (Å²) in [6.45, 7) is 3.88. The summed E-state index contributed by atoms with van der Waals surface area (Å²) in [6, 6.07) is 18.0. The Kier molecular flexibility index (Phi) is 4.80. The van der Waals surface area contributed by atoms with Gasteiger partial charge in [0.2, 0.25) is 0 Å². The lowest BCUT2D eigenvalue weighted by molar-refractivity contribution is 0.525. The summed E-state index contributed by atoms with van der Waals surface area (Å²) in [6.07, 6.45) is 2.51. The monoisotopic (exact) mass is 299 g/mol. The molecule has 0 unspecified atom stereocenters. The van der Waals surface area contributed by atoms with Crippen molar-refractivity contribution in [3.8, 4) is 18.2 Å². The fourth-order valence-corrected chi connectivity index (χ4v) is 2.57. The molecule has 0 radical (unpaired) electrons. The Morgan fingerprint density at radius 1 is 1.04 bits per heavy atom. The van der Waals surface area contributed by atoms with E-state index in [1.54, 1.807) is 0 Å². The largest absolute Gasteiger partial charge is 0.197 e. The summed E-state index contributed by atoms with van der Waals surface area (Å²) >= 11 is 0. The van der Waals surface area contributed by atoms with Gasteiger partial charge in [-0.3, -0.25) is 0 Å². The maximum Gasteiger partial charge on any atom is 0.151 e. The van der Waals surface area contributed by atoms with Crippen LogP contribution in [0.15, 0.2) is 48.0 Å². The normalized spacial score (nSPS) is 10.4. The fourth-order valence-electron chi connectivity index (χ4n) is 2.57. The molecule has 23 heavy (non-hydrogen) atoms. The minimum atomic E-state index is -1.15. The van der Waals surface area contributed by atoms with E-state index in [1.165, 1.54) is 0 Å². The van der Waals surface area contributed by atoms with Crippen LogP contribution < -0.4 is 0 Å². The predicted molar refractivity (Wildman–Crippen MR) is 90.1 cm³/mol. The van der Waals surface area contributed by atoms with Crippen LogP contribution in [-0.4, -0.2) is 0 Å². The molecule has 0 bridgehead atoms. The lowest BCUT2D eigenvalue weighted by atomic mass is 9.79. The minimum absolute atomic E-state index is 0.248. The van der Waals surface area contributed by atoms with Crippen molar-refractivity contribution in [3.63, 3.8) is 0 Å². The SMILES string of the molecule is CC(C)=CCC(C#N)(C#N)Cc1ccc2ccccc2c1C#N. The van der Waals surface area contributed by atoms with Crippen LogP contribution in [0.4, 0.5) is 0 Å². The first-order valence-corrected chi connectivity index (χ1v) is 7.42. The van der Waals surface area contributed by atoms with E-state index in [2.05, 4.69) is 18.2 Å². The van der Waals surface area contributed by atoms with E-state index in [1.807, 2.05) is 56.3 Å². The second kappa shape index (κ2) is 6.78. The Morgan fingerprint density at radius 2 is 1.74 bits per heavy atom. The highest BCUT2D eigenvalue weighted by Crippen LogP contribution is 2.31. The minimum Gasteiger partial charge on any atom is -0.197 e. The molecule has 112 valence electrons. The Bertz CT molecular complexity index is 868. The third kappa shape index (κ3) is 3.39. The molecule has 2 aromatic carbocycles. The predicted octanol–water partition coefficient (Wildman–Crippen LogP) is 4.64. The number of benzene rings is 2. The average Bonchev–Trinajstić information content (AvgIpc) is 2.58. The van der Waals surface area contributed by atoms with Crippen molar-refractivity contribution < 1.29 is 0 Å². The van der Waals surface area contributed by atoms with Crippen molar-refractivity contribution in [1.29, 1.82) is 15.8 Å². The number of hydrogen-bond donors (Lipinski definition) is 0. The zero-order chi connectivity index (χ0) is 16.9. The molecular weight excluding hydrogens is 282 g/mol. The number of nitrogens with zero attached hydrogens (tertiary/aromatic N) is 3. The Labute approximate surface area is 136 Å². The van der Waals surface area contributed by atoms with Crippen molar-refractivity contribution in [2.45, 2.75) is 26.7 Å². The Hall–Kier alpha value is -3.09. The number of allylic oxidation sites excluding steroid dienone is 2. The average molecular weight is 299 g/mol. The van der Waals surface area contributed by atoms with Gasteiger partial charge in [0.05, 0.1) is 17.7 Å². The number of nitriles is 3. The van der Waals surface area contributed by atoms with Crippen LogP contribution in [0, 0.1) is 39.4 Å². The lowest BCUT2D eigenvalue weighted by Crippen LogP contribution is -2.19. The van der Waals surface area contributed by atoms with Crippen molar-refractivity contribution in [2.75, 3.05) is 0 Å². The van der Waals surface area contributed by atoms with Crippen LogP contribution in [0.5, 0.6) is 0 Å². The van der Waals surface area contributed by atoms with Crippen LogP contribution >= 0.6 is 0 Å². The Morgan fingerprint density at radius 3 is 2.35 bits per heavy atom. The van der Waals surface area contributed by atoms with Gasteiger partial charge in [-0.15, -0.1) is 0 Å². The third-order valence-electron chi connectivity index (χ3n) is 3.91. The molecule has 0 heterocycles. The summed E-state index contributed by atoms with van der Waals surface area (Å²) in [5.74, 6) is 0. The smallest absolute Gasteiger partial charge is 0.151 e. The van der Waals surface area contributed by atoms with Crippen LogP contribution in [-0.2, 0) is 6.42 Å². The maximum atomic E-state index is 9.55. The zero-order valence-corrected chi connectivity index (χ0v) is 13.3. The molecule has 0 amide bonds. The van der Waals surface area contributed by atoms with Crippen LogP contribution in [0.1, 0.15) is 31.4 Å². The molecule has 0 aliphatic carbocycles. The van der Waals surface area contributed by atoms with Gasteiger partial charge in [0.25, 0.3) is 0 Å². The highest BCUT2D eigenvalue weighted by molar-refractivity contribution is 5.89. The zero-order valence-electron chi connectivity index (χ0n) is 13.3. The molecule has 0 spiro atoms. The second-order valence-corrected chi connectivity index (χ2v) is 5.90. The molecular formula is C20H17N3. The molecule has 0 atom stereocenters. The number of rotatable bonds is 4. The quantitative estimate of drug-likeness (QED) is 0.772. The van der Waals surface area contributed by atoms with Crippen molar-refractivity contribution in [2.24, 2.45) is 5.41 Å². The summed E-state index contributed by atoms with van der Waals surface area (Å²) in [5.41, 5.74) is 1.22. The van der Waals surface area contributed by atoms with Gasteiger partial charge in [-0.2, -0.15) is 15.8 Å². The molecule has 0 fully saturated rings. The van der Waals surface area contributed by atoms with Crippen molar-refractivity contribution >= 4 is 10.8 Å². The summed E-state index contributed by atoms with van der Waals surface area (Å²) in [5, 5.41) is 30.5. The van der Waals surface area contributed by atoms with Crippen molar-refractivity contribution in [1.82, 2.24) is 0 Å². The topological polar surface area (TPSA) is 71.4 Å². The van der Waals surface area contributed by atoms with Gasteiger partial charge in [-0.1, -0.05) is 48.0 Å². The molecule has 3 heteroatoms. The van der Waals surface area contributed by atoms with Gasteiger partial charge in [0.15, 0.2) is 5.41 Å². The highest BCUT2D eigenvalue weighted by Gasteiger charge is 2.30. The number of hydrogen-bond acceptors (Lipinski definition) is 3. The van der Waals surface area contributed by atoms with E-state index in [0.717, 1.165) is 21.9 Å². The van der Waals surface area contributed by atoms with E-state index in [-0.39, 0.29) is 6.42 Å². The molecule has 0 aromatic heterocycles. The molecule has 0 aliphatic heterocycles. The first-order valence-electron chi connectivity index (χ1n) is 7.42. The molecule has 0 N–H and O–H groups in total. The molecule has 3 nitrogen and oxygen atoms in total. The lowest BCUT2D eigenvalue weighted by Gasteiger charge is -2.18. The standard InChI is InChI=1S/C20H17N3/c1-15(2)9-10-20(13-22,14-23)11-17-8-7-16-5-3-4-6-18(16)19(17)12-21/h3-9H,10-11H2,1-2H3. The fraction of sp³-hybridized carbons (Fsp3) is 0.250. The van der Waals surface area contributed by atoms with Crippen LogP contribution in [0.2, 0.25) is 0 Å². The van der Waals surface area contributed by atoms with E-state index in [4.69, 9.17) is 0 Å². The summed E-state index contributed by atoms with van der Waals surface area (Å²) in [7, 11) is 0. The van der Waals surface area contributed by atoms with Gasteiger partial charge in [-0.25, -0.2) is 0 Å². The first-order chi connectivity index (χ1) is 11.0. The Balaban J connectivity index is 2.52. The van der Waals surface area contributed by atoms with Gasteiger partial charge in [0, 0.05) is 6.42 Å². The number of fused-ring (bicyclic) bond motifs is 1. The molecule has 0 aliphatic rings. The van der Waals surface area contributed by atoms with Gasteiger partial charge >= 0.3 is 0 Å². The summed E-state index contributed by atoms with van der Waals surface area (Å²) in [4.78, 5) is 0. The maximum absolute atomic E-state index is 9.55. The van der Waals surface area contributed by atoms with E-state index in [9.17, 15) is 15.8 Å². The van der Waals surface area contributed by atoms with E-state index < -0.39 is 5.41 Å².